The number of methoxy groups -OCH3 is 2. The van der Waals surface area contributed by atoms with Gasteiger partial charge < -0.3 is 54.9 Å². The van der Waals surface area contributed by atoms with Crippen molar-refractivity contribution < 1.29 is 32.9 Å². The minimum absolute atomic E-state index is 0.0797. The van der Waals surface area contributed by atoms with Crippen LogP contribution in [0.2, 0.25) is 0 Å². The highest BCUT2D eigenvalue weighted by molar-refractivity contribution is 5.76. The number of carbonyl (C=O) groups excluding carboxylic acids is 2. The van der Waals surface area contributed by atoms with E-state index in [1.807, 2.05) is 50.7 Å². The molecule has 18 nitrogen and oxygen atoms in total. The Balaban J connectivity index is 0.000000202. The summed E-state index contributed by atoms with van der Waals surface area (Å²) in [7, 11) is 10.2. The van der Waals surface area contributed by atoms with Gasteiger partial charge in [-0.05, 0) is 44.2 Å². The van der Waals surface area contributed by atoms with Crippen LogP contribution in [-0.2, 0) is 35.4 Å². The van der Waals surface area contributed by atoms with E-state index < -0.39 is 0 Å². The van der Waals surface area contributed by atoms with Gasteiger partial charge in [0.15, 0.2) is 23.2 Å². The molecule has 4 amide bonds. The first-order valence-corrected chi connectivity index (χ1v) is 21.9. The number of hydrogen-bond acceptors (Lipinski definition) is 12. The number of nitrogen functional groups attached to an aromatic ring is 1. The molecule has 0 spiro atoms. The lowest BCUT2D eigenvalue weighted by Crippen LogP contribution is -2.41. The van der Waals surface area contributed by atoms with Crippen molar-refractivity contribution in [2.45, 2.75) is 84.5 Å². The number of amides is 4. The molecule has 2 saturated heterocycles. The van der Waals surface area contributed by atoms with Crippen molar-refractivity contribution in [3.63, 3.8) is 0 Å². The quantitative estimate of drug-likeness (QED) is 0.192. The van der Waals surface area contributed by atoms with E-state index in [9.17, 15) is 14.0 Å². The molecule has 8 rings (SSSR count). The van der Waals surface area contributed by atoms with Gasteiger partial charge in [-0.3, -0.25) is 9.36 Å². The molecule has 7 heterocycles. The number of nitrogens with one attached hydrogen (secondary N) is 2. The zero-order valence-corrected chi connectivity index (χ0v) is 38.3. The highest BCUT2D eigenvalue weighted by Crippen LogP contribution is 2.39. The van der Waals surface area contributed by atoms with E-state index in [2.05, 4.69) is 25.0 Å². The van der Waals surface area contributed by atoms with Crippen LogP contribution >= 0.6 is 0 Å². The standard InChI is InChI=1S/C22H30FN5O3.C20H29N7O3.C2H6/c1-14-11-17(23)19(12-20(14)30-4)26(3)21-16-13-27(22(29)24-2)8-5-18(16)28(25-21)15-6-9-31-10-7-15;1-22-20(28)26-7-4-16-15(12-26)19(24-27(16)13-5-8-30-9-6-13)25(2)14-10-17(29-3)18(21)23-11-14;1-2/h11-12,15H,5-10,13H2,1-4H3,(H,24,29);10-11,13H,4-9,12H2,1-3H3,(H2,21,23)(H,22,28);1-2H3. The molecule has 19 heteroatoms. The van der Waals surface area contributed by atoms with Gasteiger partial charge >= 0.3 is 12.1 Å². The van der Waals surface area contributed by atoms with Gasteiger partial charge in [-0.2, -0.15) is 10.2 Å². The van der Waals surface area contributed by atoms with Gasteiger partial charge in [-0.25, -0.2) is 19.0 Å². The molecule has 0 bridgehead atoms. The molecule has 0 atom stereocenters. The Hall–Kier alpha value is -5.82. The molecule has 0 unspecified atom stereocenters. The summed E-state index contributed by atoms with van der Waals surface area (Å²) in [5.74, 6) is 2.62. The topological polar surface area (TPSA) is 183 Å². The maximum absolute atomic E-state index is 14.9. The Morgan fingerprint density at radius 1 is 0.778 bits per heavy atom. The maximum Gasteiger partial charge on any atom is 0.317 e. The number of pyridine rings is 1. The summed E-state index contributed by atoms with van der Waals surface area (Å²) in [5.41, 5.74) is 12.2. The lowest BCUT2D eigenvalue weighted by Gasteiger charge is -2.30. The zero-order valence-electron chi connectivity index (χ0n) is 38.3. The number of halogens is 1. The van der Waals surface area contributed by atoms with Crippen molar-refractivity contribution in [2.75, 3.05) is 97.5 Å². The van der Waals surface area contributed by atoms with Crippen LogP contribution in [0.15, 0.2) is 24.4 Å². The molecule has 0 radical (unpaired) electrons. The van der Waals surface area contributed by atoms with E-state index in [4.69, 9.17) is 34.9 Å². The normalized spacial score (nSPS) is 16.3. The Kier molecular flexibility index (Phi) is 15.6. The fourth-order valence-corrected chi connectivity index (χ4v) is 8.67. The molecule has 4 aromatic rings. The second-order valence-electron chi connectivity index (χ2n) is 15.7. The van der Waals surface area contributed by atoms with Crippen LogP contribution in [0, 0.1) is 12.7 Å². The fourth-order valence-electron chi connectivity index (χ4n) is 8.67. The third kappa shape index (κ3) is 9.88. The zero-order chi connectivity index (χ0) is 45.4. The summed E-state index contributed by atoms with van der Waals surface area (Å²) >= 11 is 0. The number of anilines is 5. The predicted molar refractivity (Wildman–Crippen MR) is 240 cm³/mol. The van der Waals surface area contributed by atoms with Crippen molar-refractivity contribution in [1.29, 1.82) is 0 Å². The highest BCUT2D eigenvalue weighted by Gasteiger charge is 2.34. The third-order valence-corrected chi connectivity index (χ3v) is 12.1. The van der Waals surface area contributed by atoms with Crippen molar-refractivity contribution in [1.82, 2.24) is 45.0 Å². The van der Waals surface area contributed by atoms with Crippen molar-refractivity contribution in [3.8, 4) is 11.5 Å². The molecule has 4 aliphatic heterocycles. The molecule has 0 saturated carbocycles. The third-order valence-electron chi connectivity index (χ3n) is 12.1. The van der Waals surface area contributed by atoms with E-state index in [1.54, 1.807) is 50.4 Å². The molecular weight excluding hydrogens is 812 g/mol. The number of carbonyl (C=O) groups is 2. The first kappa shape index (κ1) is 46.7. The first-order valence-electron chi connectivity index (χ1n) is 21.9. The van der Waals surface area contributed by atoms with E-state index in [0.29, 0.717) is 80.7 Å². The average Bonchev–Trinajstić information content (AvgIpc) is 3.91. The number of rotatable bonds is 8. The van der Waals surface area contributed by atoms with E-state index in [1.165, 1.54) is 11.8 Å². The summed E-state index contributed by atoms with van der Waals surface area (Å²) in [6.45, 7) is 11.0. The summed E-state index contributed by atoms with van der Waals surface area (Å²) in [5, 5.41) is 15.4. The van der Waals surface area contributed by atoms with Crippen LogP contribution < -0.4 is 35.6 Å². The number of fused-ring (bicyclic) bond motifs is 2. The number of ether oxygens (including phenoxy) is 4. The molecule has 4 aliphatic rings. The largest absolute Gasteiger partial charge is 0.496 e. The van der Waals surface area contributed by atoms with E-state index in [-0.39, 0.29) is 23.9 Å². The highest BCUT2D eigenvalue weighted by atomic mass is 19.1. The van der Waals surface area contributed by atoms with Crippen LogP contribution in [0.25, 0.3) is 0 Å². The second-order valence-corrected chi connectivity index (χ2v) is 15.7. The van der Waals surface area contributed by atoms with E-state index in [0.717, 1.165) is 79.2 Å². The van der Waals surface area contributed by atoms with E-state index >= 15 is 0 Å². The monoisotopic (exact) mass is 877 g/mol. The molecule has 0 aliphatic carbocycles. The molecular formula is C44H65FN12O6. The van der Waals surface area contributed by atoms with Gasteiger partial charge in [0, 0.05) is 115 Å². The lowest BCUT2D eigenvalue weighted by molar-refractivity contribution is 0.0650. The number of benzene rings is 1. The van der Waals surface area contributed by atoms with Crippen LogP contribution in [-0.4, -0.2) is 128 Å². The van der Waals surface area contributed by atoms with Crippen molar-refractivity contribution in [3.05, 3.63) is 58.3 Å². The van der Waals surface area contributed by atoms with Crippen LogP contribution in [0.4, 0.5) is 42.8 Å². The second kappa shape index (κ2) is 21.0. The average molecular weight is 877 g/mol. The summed E-state index contributed by atoms with van der Waals surface area (Å²) in [4.78, 5) is 36.1. The van der Waals surface area contributed by atoms with Crippen LogP contribution in [0.1, 0.15) is 79.7 Å². The van der Waals surface area contributed by atoms with Crippen molar-refractivity contribution in [2.24, 2.45) is 0 Å². The van der Waals surface area contributed by atoms with Crippen LogP contribution in [0.3, 0.4) is 0 Å². The molecule has 4 N–H and O–H groups in total. The van der Waals surface area contributed by atoms with Gasteiger partial charge in [-0.1, -0.05) is 13.8 Å². The van der Waals surface area contributed by atoms with Gasteiger partial charge in [0.05, 0.1) is 57.0 Å². The summed E-state index contributed by atoms with van der Waals surface area (Å²) in [6.07, 6.45) is 6.84. The number of aromatic nitrogens is 5. The Bertz CT molecular complexity index is 2200. The molecule has 3 aromatic heterocycles. The molecule has 63 heavy (non-hydrogen) atoms. The predicted octanol–water partition coefficient (Wildman–Crippen LogP) is 5.87. The number of aryl methyl sites for hydroxylation is 1. The van der Waals surface area contributed by atoms with Crippen LogP contribution in [0.5, 0.6) is 11.5 Å². The minimum atomic E-state index is -0.339. The summed E-state index contributed by atoms with van der Waals surface area (Å²) in [6, 6.07) is 5.37. The number of hydrogen-bond donors (Lipinski definition) is 3. The van der Waals surface area contributed by atoms with Gasteiger partial charge in [0.2, 0.25) is 0 Å². The number of nitrogens with two attached hydrogens (primary N) is 1. The smallest absolute Gasteiger partial charge is 0.317 e. The number of urea groups is 2. The number of nitrogens with zero attached hydrogens (tertiary/aromatic N) is 9. The Labute approximate surface area is 369 Å². The Morgan fingerprint density at radius 3 is 1.71 bits per heavy atom. The first-order chi connectivity index (χ1) is 30.5. The minimum Gasteiger partial charge on any atom is -0.496 e. The SMILES string of the molecule is CC.CNC(=O)N1CCc2c(c(N(C)c3cc(OC)c(C)cc3F)nn2C2CCOCC2)C1.CNC(=O)N1CCc2c(c(N(C)c3cnc(N)c(OC)c3)nn2C2CCOCC2)C1. The molecule has 1 aromatic carbocycles. The van der Waals surface area contributed by atoms with Gasteiger partial charge in [-0.15, -0.1) is 0 Å². The van der Waals surface area contributed by atoms with Gasteiger partial charge in [0.25, 0.3) is 0 Å². The maximum atomic E-state index is 14.9. The summed E-state index contributed by atoms with van der Waals surface area (Å²) < 4.78 is 41.0. The van der Waals surface area contributed by atoms with Crippen molar-refractivity contribution >= 4 is 40.9 Å². The fraction of sp³-hybridized carbons (Fsp3) is 0.568. The van der Waals surface area contributed by atoms with Gasteiger partial charge in [0.1, 0.15) is 11.6 Å². The molecule has 344 valence electrons. The Morgan fingerprint density at radius 2 is 1.25 bits per heavy atom. The molecule has 2 fully saturated rings. The lowest BCUT2D eigenvalue weighted by atomic mass is 10.0.